The maximum absolute atomic E-state index is 6.90. The van der Waals surface area contributed by atoms with E-state index in [4.69, 9.17) is 4.42 Å². The molecule has 2 unspecified atom stereocenters. The second-order valence-corrected chi connectivity index (χ2v) is 20.8. The lowest BCUT2D eigenvalue weighted by atomic mass is 9.59. The first-order chi connectivity index (χ1) is 36.5. The SMILES string of the molecule is CC1(C)c2ccccc2-c2ccc(N(c3ccc(-c4ccccc4)cc3)c3ccc(-c4ccc(-c5cccc6c5oc5ccccc56)c5c4-c4ccccc4C5(/C4=C/C=C\CC#CC4)C4C=CC=CC4)cc3)cc21. The molecule has 0 amide bonds. The van der Waals surface area contributed by atoms with E-state index in [1.807, 2.05) is 0 Å². The first-order valence-corrected chi connectivity index (χ1v) is 26.1. The number of rotatable bonds is 8. The highest BCUT2D eigenvalue weighted by molar-refractivity contribution is 6.11. The van der Waals surface area contributed by atoms with E-state index >= 15 is 0 Å². The quantitative estimate of drug-likeness (QED) is 0.141. The van der Waals surface area contributed by atoms with Crippen LogP contribution in [0.15, 0.2) is 253 Å². The number of para-hydroxylation sites is 2. The molecule has 9 aromatic carbocycles. The van der Waals surface area contributed by atoms with Crippen LogP contribution >= 0.6 is 0 Å². The fraction of sp³-hybridized carbons (Fsp3) is 0.111. The lowest BCUT2D eigenvalue weighted by Crippen LogP contribution is -2.37. The van der Waals surface area contributed by atoms with E-state index in [0.29, 0.717) is 6.42 Å². The van der Waals surface area contributed by atoms with Crippen LogP contribution in [0.25, 0.3) is 77.6 Å². The Morgan fingerprint density at radius 2 is 1.14 bits per heavy atom. The molecule has 0 fully saturated rings. The van der Waals surface area contributed by atoms with Crippen molar-refractivity contribution in [3.63, 3.8) is 0 Å². The zero-order chi connectivity index (χ0) is 49.4. The van der Waals surface area contributed by atoms with Crippen molar-refractivity contribution < 1.29 is 4.42 Å². The van der Waals surface area contributed by atoms with Crippen molar-refractivity contribution in [1.82, 2.24) is 0 Å². The van der Waals surface area contributed by atoms with Gasteiger partial charge in [0.05, 0.1) is 5.41 Å². The molecule has 2 atom stereocenters. The minimum absolute atomic E-state index is 0.133. The summed E-state index contributed by atoms with van der Waals surface area (Å²) in [6.07, 6.45) is 18.4. The van der Waals surface area contributed by atoms with Crippen LogP contribution in [0.5, 0.6) is 0 Å². The third kappa shape index (κ3) is 6.73. The second-order valence-electron chi connectivity index (χ2n) is 20.8. The Balaban J connectivity index is 0.982. The molecule has 0 N–H and O–H groups in total. The van der Waals surface area contributed by atoms with Gasteiger partial charge in [0.2, 0.25) is 0 Å². The van der Waals surface area contributed by atoms with Gasteiger partial charge >= 0.3 is 0 Å². The van der Waals surface area contributed by atoms with Crippen molar-refractivity contribution in [2.24, 2.45) is 5.92 Å². The Labute approximate surface area is 434 Å². The molecule has 10 aromatic rings. The largest absolute Gasteiger partial charge is 0.455 e. The average Bonchev–Trinajstić information content (AvgIpc) is 4.06. The summed E-state index contributed by atoms with van der Waals surface area (Å²) in [6, 6.07) is 74.1. The van der Waals surface area contributed by atoms with Gasteiger partial charge in [0.15, 0.2) is 0 Å². The van der Waals surface area contributed by atoms with Gasteiger partial charge in [-0.05, 0) is 133 Å². The van der Waals surface area contributed by atoms with Gasteiger partial charge in [-0.15, -0.1) is 0 Å². The van der Waals surface area contributed by atoms with Crippen molar-refractivity contribution in [2.45, 2.75) is 43.9 Å². The molecule has 0 radical (unpaired) electrons. The predicted octanol–water partition coefficient (Wildman–Crippen LogP) is 19.0. The third-order valence-corrected chi connectivity index (χ3v) is 16.5. The summed E-state index contributed by atoms with van der Waals surface area (Å²) in [6.45, 7) is 4.73. The molecule has 0 saturated carbocycles. The average molecular weight is 948 g/mol. The maximum Gasteiger partial charge on any atom is 0.143 e. The number of furan rings is 1. The molecule has 1 heterocycles. The van der Waals surface area contributed by atoms with Gasteiger partial charge in [0.1, 0.15) is 11.2 Å². The molecular weight excluding hydrogens is 895 g/mol. The lowest BCUT2D eigenvalue weighted by molar-refractivity contribution is 0.444. The Kier molecular flexibility index (Phi) is 10.3. The van der Waals surface area contributed by atoms with E-state index in [0.717, 1.165) is 57.4 Å². The van der Waals surface area contributed by atoms with E-state index in [-0.39, 0.29) is 11.3 Å². The summed E-state index contributed by atoms with van der Waals surface area (Å²) >= 11 is 0. The Bertz CT molecular complexity index is 4070. The van der Waals surface area contributed by atoms with Crippen LogP contribution in [0, 0.1) is 17.8 Å². The monoisotopic (exact) mass is 947 g/mol. The van der Waals surface area contributed by atoms with E-state index < -0.39 is 5.41 Å². The van der Waals surface area contributed by atoms with Crippen LogP contribution in [0.4, 0.5) is 17.1 Å². The minimum atomic E-state index is -0.535. The highest BCUT2D eigenvalue weighted by atomic mass is 16.3. The fourth-order valence-corrected chi connectivity index (χ4v) is 13.1. The molecule has 4 aliphatic rings. The van der Waals surface area contributed by atoms with Crippen LogP contribution in [0.1, 0.15) is 55.4 Å². The summed E-state index contributed by atoms with van der Waals surface area (Å²) in [4.78, 5) is 2.43. The van der Waals surface area contributed by atoms with Crippen LogP contribution < -0.4 is 4.90 Å². The minimum Gasteiger partial charge on any atom is -0.455 e. The van der Waals surface area contributed by atoms with Gasteiger partial charge in [-0.3, -0.25) is 0 Å². The van der Waals surface area contributed by atoms with E-state index in [2.05, 4.69) is 273 Å². The van der Waals surface area contributed by atoms with Crippen molar-refractivity contribution in [3.05, 3.63) is 271 Å². The lowest BCUT2D eigenvalue weighted by Gasteiger charge is -2.42. The number of nitrogens with zero attached hydrogens (tertiary/aromatic N) is 1. The maximum atomic E-state index is 6.90. The molecule has 0 bridgehead atoms. The van der Waals surface area contributed by atoms with Crippen LogP contribution in [-0.4, -0.2) is 0 Å². The van der Waals surface area contributed by atoms with Gasteiger partial charge in [-0.25, -0.2) is 0 Å². The zero-order valence-electron chi connectivity index (χ0n) is 41.6. The molecule has 4 aliphatic carbocycles. The smallest absolute Gasteiger partial charge is 0.143 e. The topological polar surface area (TPSA) is 16.4 Å². The van der Waals surface area contributed by atoms with Gasteiger partial charge in [-0.1, -0.05) is 226 Å². The molecule has 0 spiro atoms. The Morgan fingerprint density at radius 1 is 0.486 bits per heavy atom. The zero-order valence-corrected chi connectivity index (χ0v) is 41.6. The third-order valence-electron chi connectivity index (χ3n) is 16.5. The van der Waals surface area contributed by atoms with Gasteiger partial charge in [0, 0.05) is 51.7 Å². The molecule has 1 aromatic heterocycles. The molecule has 2 nitrogen and oxygen atoms in total. The van der Waals surface area contributed by atoms with Crippen LogP contribution in [0.3, 0.4) is 0 Å². The van der Waals surface area contributed by atoms with E-state index in [1.54, 1.807) is 0 Å². The summed E-state index contributed by atoms with van der Waals surface area (Å²) < 4.78 is 6.90. The highest BCUT2D eigenvalue weighted by Gasteiger charge is 2.52. The number of allylic oxidation sites excluding steroid dienone is 8. The van der Waals surface area contributed by atoms with Gasteiger partial charge in [0.25, 0.3) is 0 Å². The summed E-state index contributed by atoms with van der Waals surface area (Å²) in [5.41, 5.74) is 23.4. The van der Waals surface area contributed by atoms with Crippen molar-refractivity contribution in [2.75, 3.05) is 4.90 Å². The molecular formula is C72H53NO. The fourth-order valence-electron chi connectivity index (χ4n) is 13.1. The molecule has 14 rings (SSSR count). The van der Waals surface area contributed by atoms with Crippen molar-refractivity contribution in [3.8, 4) is 67.5 Å². The molecule has 74 heavy (non-hydrogen) atoms. The summed E-state index contributed by atoms with van der Waals surface area (Å²) in [5, 5.41) is 2.26. The van der Waals surface area contributed by atoms with Crippen LogP contribution in [0.2, 0.25) is 0 Å². The summed E-state index contributed by atoms with van der Waals surface area (Å²) in [5.74, 6) is 7.24. The highest BCUT2D eigenvalue weighted by Crippen LogP contribution is 2.63. The first kappa shape index (κ1) is 43.9. The Hall–Kier alpha value is -8.90. The number of hydrogen-bond donors (Lipinski definition) is 0. The second kappa shape index (κ2) is 17.4. The Morgan fingerprint density at radius 3 is 1.95 bits per heavy atom. The number of fused-ring (bicyclic) bond motifs is 9. The number of hydrogen-bond acceptors (Lipinski definition) is 2. The summed E-state index contributed by atoms with van der Waals surface area (Å²) in [7, 11) is 0. The standard InChI is InChI=1S/C72H53NO/c1-71(2)64-32-17-14-27-57(64)58-44-43-55(47-66(58)71)73(53-39-35-49(36-40-53)48-21-8-6-9-22-48)54-41-37-50(38-42-54)56-45-46-60(62-31-20-30-61-59-28-16-19-34-67(59)74-70(61)62)69-68(56)63-29-15-18-33-65(63)72(69,52-25-12-7-13-26-52)51-23-10-4-3-5-11-24-51/h4,6-10,12-23,25,27-47,52H,3,24,26H2,1-2H3/b10-4-,51-23+. The van der Waals surface area contributed by atoms with E-state index in [1.165, 1.54) is 77.9 Å². The normalized spacial score (nSPS) is 18.8. The number of benzene rings is 9. The van der Waals surface area contributed by atoms with Gasteiger partial charge < -0.3 is 9.32 Å². The van der Waals surface area contributed by atoms with Crippen molar-refractivity contribution >= 4 is 39.0 Å². The van der Waals surface area contributed by atoms with Crippen LogP contribution in [-0.2, 0) is 10.8 Å². The molecule has 352 valence electrons. The molecule has 0 aliphatic heterocycles. The molecule has 0 saturated heterocycles. The first-order valence-electron chi connectivity index (χ1n) is 26.1. The molecule has 2 heteroatoms. The van der Waals surface area contributed by atoms with Gasteiger partial charge in [-0.2, -0.15) is 0 Å². The van der Waals surface area contributed by atoms with Crippen molar-refractivity contribution in [1.29, 1.82) is 0 Å². The number of anilines is 3. The van der Waals surface area contributed by atoms with E-state index in [9.17, 15) is 0 Å². The predicted molar refractivity (Wildman–Crippen MR) is 309 cm³/mol.